The molecule has 0 fully saturated rings. The molecule has 6 nitrogen and oxygen atoms in total. The van der Waals surface area contributed by atoms with Gasteiger partial charge in [-0.1, -0.05) is 11.6 Å². The third kappa shape index (κ3) is 1.86. The molecule has 0 aliphatic carbocycles. The number of aromatic nitrogens is 1. The Morgan fingerprint density at radius 2 is 2.23 bits per heavy atom. The lowest BCUT2D eigenvalue weighted by Gasteiger charge is -2.05. The number of pyridine rings is 1. The Kier molecular flexibility index (Phi) is 3.02. The first-order valence-electron chi connectivity index (χ1n) is 3.32. The third-order valence-electron chi connectivity index (χ3n) is 1.40. The van der Waals surface area contributed by atoms with Crippen LogP contribution < -0.4 is 22.5 Å². The number of nitrogens with one attached hydrogen (secondary N) is 2. The van der Waals surface area contributed by atoms with Crippen LogP contribution in [-0.4, -0.2) is 10.9 Å². The maximum atomic E-state index is 11.1. The van der Waals surface area contributed by atoms with Crippen LogP contribution >= 0.6 is 11.6 Å². The van der Waals surface area contributed by atoms with Gasteiger partial charge in [-0.3, -0.25) is 10.2 Å². The summed E-state index contributed by atoms with van der Waals surface area (Å²) in [4.78, 5) is 14.9. The lowest BCUT2D eigenvalue weighted by atomic mass is 10.2. The number of halogens is 1. The van der Waals surface area contributed by atoms with Crippen molar-refractivity contribution in [3.8, 4) is 0 Å². The van der Waals surface area contributed by atoms with E-state index in [9.17, 15) is 4.79 Å². The van der Waals surface area contributed by atoms with Crippen LogP contribution in [0.4, 0.5) is 5.82 Å². The first-order valence-corrected chi connectivity index (χ1v) is 3.70. The highest BCUT2D eigenvalue weighted by Gasteiger charge is 2.12. The van der Waals surface area contributed by atoms with E-state index in [0.29, 0.717) is 0 Å². The number of carbonyl (C=O) groups is 1. The highest BCUT2D eigenvalue weighted by Crippen LogP contribution is 2.22. The van der Waals surface area contributed by atoms with Gasteiger partial charge in [-0.25, -0.2) is 16.7 Å². The Balaban J connectivity index is 3.15. The molecule has 13 heavy (non-hydrogen) atoms. The molecule has 0 radical (unpaired) electrons. The molecule has 7 heteroatoms. The fourth-order valence-corrected chi connectivity index (χ4v) is 1.05. The Labute approximate surface area is 79.2 Å². The van der Waals surface area contributed by atoms with Crippen molar-refractivity contribution in [1.82, 2.24) is 10.4 Å². The molecule has 0 aromatic carbocycles. The molecule has 0 unspecified atom stereocenters. The molecule has 0 saturated heterocycles. The van der Waals surface area contributed by atoms with Gasteiger partial charge in [0, 0.05) is 6.20 Å². The largest absolute Gasteiger partial charge is 0.307 e. The molecule has 1 aromatic rings. The van der Waals surface area contributed by atoms with Crippen molar-refractivity contribution in [3.63, 3.8) is 0 Å². The number of hydrogen-bond donors (Lipinski definition) is 4. The van der Waals surface area contributed by atoms with Gasteiger partial charge in [0.2, 0.25) is 0 Å². The molecule has 6 N–H and O–H groups in total. The van der Waals surface area contributed by atoms with E-state index < -0.39 is 5.91 Å². The zero-order valence-electron chi connectivity index (χ0n) is 6.54. The second-order valence-corrected chi connectivity index (χ2v) is 2.52. The van der Waals surface area contributed by atoms with E-state index in [1.165, 1.54) is 12.3 Å². The van der Waals surface area contributed by atoms with Crippen molar-refractivity contribution in [2.75, 3.05) is 5.43 Å². The molecule has 1 aromatic heterocycles. The monoisotopic (exact) mass is 201 g/mol. The minimum Gasteiger partial charge on any atom is -0.307 e. The molecule has 0 bridgehead atoms. The van der Waals surface area contributed by atoms with Gasteiger partial charge in [0.05, 0.1) is 10.6 Å². The lowest BCUT2D eigenvalue weighted by molar-refractivity contribution is 0.0954. The zero-order valence-corrected chi connectivity index (χ0v) is 7.30. The standard InChI is InChI=1S/C6H8ClN5O/c7-4-3(6(13)12-9)1-2-10-5(4)11-8/h1-2H,8-9H2,(H,10,11)(H,12,13). The van der Waals surface area contributed by atoms with E-state index in [0.717, 1.165) is 0 Å². The predicted octanol–water partition coefficient (Wildman–Crippen LogP) is -0.376. The average Bonchev–Trinajstić information content (AvgIpc) is 2.17. The van der Waals surface area contributed by atoms with E-state index in [-0.39, 0.29) is 16.4 Å². The lowest BCUT2D eigenvalue weighted by Crippen LogP contribution is -2.30. The zero-order chi connectivity index (χ0) is 9.84. The summed E-state index contributed by atoms with van der Waals surface area (Å²) < 4.78 is 0. The van der Waals surface area contributed by atoms with Crippen LogP contribution in [0.5, 0.6) is 0 Å². The summed E-state index contributed by atoms with van der Waals surface area (Å²) in [5.74, 6) is 9.76. The van der Waals surface area contributed by atoms with Crippen molar-refractivity contribution >= 4 is 23.3 Å². The van der Waals surface area contributed by atoms with Crippen LogP contribution in [-0.2, 0) is 0 Å². The number of anilines is 1. The van der Waals surface area contributed by atoms with Crippen LogP contribution in [0.3, 0.4) is 0 Å². The molecule has 1 rings (SSSR count). The number of hydrogen-bond acceptors (Lipinski definition) is 5. The van der Waals surface area contributed by atoms with E-state index in [4.69, 9.17) is 23.3 Å². The van der Waals surface area contributed by atoms with E-state index in [1.807, 2.05) is 5.43 Å². The molecule has 0 saturated carbocycles. The van der Waals surface area contributed by atoms with Gasteiger partial charge >= 0.3 is 0 Å². The van der Waals surface area contributed by atoms with Crippen molar-refractivity contribution in [2.45, 2.75) is 0 Å². The number of hydrazine groups is 2. The quantitative estimate of drug-likeness (QED) is 0.297. The summed E-state index contributed by atoms with van der Waals surface area (Å²) in [6.45, 7) is 0. The second-order valence-electron chi connectivity index (χ2n) is 2.14. The maximum absolute atomic E-state index is 11.1. The first kappa shape index (κ1) is 9.72. The summed E-state index contributed by atoms with van der Waals surface area (Å²) in [5.41, 5.74) is 4.42. The molecule has 0 spiro atoms. The first-order chi connectivity index (χ1) is 6.20. The molecular formula is C6H8ClN5O. The minimum absolute atomic E-state index is 0.132. The summed E-state index contributed by atoms with van der Waals surface area (Å²) in [7, 11) is 0. The molecule has 0 atom stereocenters. The Morgan fingerprint density at radius 1 is 1.54 bits per heavy atom. The van der Waals surface area contributed by atoms with Gasteiger partial charge in [-0.2, -0.15) is 0 Å². The van der Waals surface area contributed by atoms with Gasteiger partial charge in [-0.15, -0.1) is 0 Å². The molecule has 1 heterocycles. The fraction of sp³-hybridized carbons (Fsp3) is 0. The molecular weight excluding hydrogens is 194 g/mol. The highest BCUT2D eigenvalue weighted by molar-refractivity contribution is 6.36. The van der Waals surface area contributed by atoms with Gasteiger partial charge < -0.3 is 5.43 Å². The van der Waals surface area contributed by atoms with Crippen molar-refractivity contribution < 1.29 is 4.79 Å². The van der Waals surface area contributed by atoms with Gasteiger partial charge in [-0.05, 0) is 6.07 Å². The molecule has 70 valence electrons. The van der Waals surface area contributed by atoms with Crippen LogP contribution in [0.15, 0.2) is 12.3 Å². The summed E-state index contributed by atoms with van der Waals surface area (Å²) in [5, 5.41) is 0.132. The van der Waals surface area contributed by atoms with Crippen LogP contribution in [0, 0.1) is 0 Å². The van der Waals surface area contributed by atoms with Crippen molar-refractivity contribution in [2.24, 2.45) is 11.7 Å². The Morgan fingerprint density at radius 3 is 2.77 bits per heavy atom. The Hall–Kier alpha value is -1.37. The smallest absolute Gasteiger partial charge is 0.266 e. The predicted molar refractivity (Wildman–Crippen MR) is 48.7 cm³/mol. The topological polar surface area (TPSA) is 106 Å². The number of nitrogens with two attached hydrogens (primary N) is 2. The van der Waals surface area contributed by atoms with Crippen molar-refractivity contribution in [3.05, 3.63) is 22.8 Å². The van der Waals surface area contributed by atoms with Crippen LogP contribution in [0.1, 0.15) is 10.4 Å². The van der Waals surface area contributed by atoms with Crippen LogP contribution in [0.2, 0.25) is 5.02 Å². The van der Waals surface area contributed by atoms with Gasteiger partial charge in [0.15, 0.2) is 5.82 Å². The second kappa shape index (κ2) is 4.04. The molecule has 1 amide bonds. The van der Waals surface area contributed by atoms with Crippen molar-refractivity contribution in [1.29, 1.82) is 0 Å². The van der Waals surface area contributed by atoms with E-state index in [2.05, 4.69) is 10.4 Å². The van der Waals surface area contributed by atoms with Gasteiger partial charge in [0.25, 0.3) is 5.91 Å². The van der Waals surface area contributed by atoms with Crippen LogP contribution in [0.25, 0.3) is 0 Å². The number of nitrogens with zero attached hydrogens (tertiary/aromatic N) is 1. The highest BCUT2D eigenvalue weighted by atomic mass is 35.5. The number of carbonyl (C=O) groups excluding carboxylic acids is 1. The van der Waals surface area contributed by atoms with E-state index in [1.54, 1.807) is 0 Å². The normalized spacial score (nSPS) is 9.46. The fourth-order valence-electron chi connectivity index (χ4n) is 0.797. The third-order valence-corrected chi connectivity index (χ3v) is 1.78. The SMILES string of the molecule is NNC(=O)c1ccnc(NN)c1Cl. The minimum atomic E-state index is -0.496. The number of amides is 1. The maximum Gasteiger partial charge on any atom is 0.266 e. The number of nitrogen functional groups attached to an aromatic ring is 2. The average molecular weight is 202 g/mol. The van der Waals surface area contributed by atoms with Gasteiger partial charge in [0.1, 0.15) is 0 Å². The Bertz CT molecular complexity index is 329. The summed E-state index contributed by atoms with van der Waals surface area (Å²) in [6, 6.07) is 1.44. The molecule has 0 aliphatic rings. The summed E-state index contributed by atoms with van der Waals surface area (Å²) in [6.07, 6.45) is 1.39. The molecule has 0 aliphatic heterocycles. The number of rotatable bonds is 2. The van der Waals surface area contributed by atoms with E-state index >= 15 is 0 Å². The summed E-state index contributed by atoms with van der Waals surface area (Å²) >= 11 is 5.76.